The summed E-state index contributed by atoms with van der Waals surface area (Å²) in [6, 6.07) is 8.26. The lowest BCUT2D eigenvalue weighted by Crippen LogP contribution is -2.33. The molecule has 0 fully saturated rings. The number of carboxylic acids is 1. The summed E-state index contributed by atoms with van der Waals surface area (Å²) in [5.41, 5.74) is 5.85. The third-order valence-electron chi connectivity index (χ3n) is 5.82. The van der Waals surface area contributed by atoms with E-state index in [0.29, 0.717) is 5.57 Å². The molecule has 0 bridgehead atoms. The van der Waals surface area contributed by atoms with Gasteiger partial charge in [0.25, 0.3) is 0 Å². The van der Waals surface area contributed by atoms with Crippen LogP contribution < -0.4 is 0 Å². The van der Waals surface area contributed by atoms with Crippen molar-refractivity contribution in [3.63, 3.8) is 0 Å². The molecule has 1 aliphatic carbocycles. The van der Waals surface area contributed by atoms with Crippen LogP contribution in [-0.2, 0) is 15.6 Å². The fourth-order valence-electron chi connectivity index (χ4n) is 3.94. The smallest absolute Gasteiger partial charge is 0.336 e. The zero-order valence-electron chi connectivity index (χ0n) is 16.8. The van der Waals surface area contributed by atoms with Crippen LogP contribution in [-0.4, -0.2) is 11.1 Å². The number of fused-ring (bicyclic) bond motifs is 1. The molecule has 1 aromatic carbocycles. The van der Waals surface area contributed by atoms with Crippen molar-refractivity contribution in [3.8, 4) is 0 Å². The second kappa shape index (κ2) is 7.12. The number of hydrogen-bond acceptors (Lipinski definition) is 2. The maximum absolute atomic E-state index is 12.1. The van der Waals surface area contributed by atoms with Gasteiger partial charge in [0.15, 0.2) is 0 Å². The van der Waals surface area contributed by atoms with Gasteiger partial charge in [-0.15, -0.1) is 0 Å². The summed E-state index contributed by atoms with van der Waals surface area (Å²) in [6.45, 7) is 11.0. The number of hydrogen-bond donors (Lipinski definition) is 1. The standard InChI is InChI=1S/C24H28O2S/c1-16(6-7-17-10-13-27-15-17)21(22(25)26)18-8-9-19-20(14-18)24(4,5)12-11-23(19,2)3/h6-10,13-15H,11-12H2,1-5H3,(H,25,26). The van der Waals surface area contributed by atoms with E-state index < -0.39 is 5.97 Å². The Morgan fingerprint density at radius 2 is 1.74 bits per heavy atom. The molecule has 0 aliphatic heterocycles. The first-order valence-corrected chi connectivity index (χ1v) is 10.4. The normalized spacial score (nSPS) is 18.9. The highest BCUT2D eigenvalue weighted by molar-refractivity contribution is 7.08. The van der Waals surface area contributed by atoms with Gasteiger partial charge in [-0.2, -0.15) is 11.3 Å². The van der Waals surface area contributed by atoms with Crippen molar-refractivity contribution in [2.75, 3.05) is 0 Å². The van der Waals surface area contributed by atoms with Crippen molar-refractivity contribution >= 4 is 29.0 Å². The topological polar surface area (TPSA) is 37.3 Å². The van der Waals surface area contributed by atoms with Gasteiger partial charge in [0.05, 0.1) is 5.57 Å². The molecule has 0 unspecified atom stereocenters. The van der Waals surface area contributed by atoms with Gasteiger partial charge < -0.3 is 5.11 Å². The summed E-state index contributed by atoms with van der Waals surface area (Å²) >= 11 is 1.63. The highest BCUT2D eigenvalue weighted by Gasteiger charge is 2.37. The van der Waals surface area contributed by atoms with Gasteiger partial charge in [-0.1, -0.05) is 58.0 Å². The van der Waals surface area contributed by atoms with E-state index in [0.717, 1.165) is 29.5 Å². The van der Waals surface area contributed by atoms with Crippen molar-refractivity contribution in [2.24, 2.45) is 0 Å². The van der Waals surface area contributed by atoms with Crippen LogP contribution in [0.1, 0.15) is 69.7 Å². The maximum Gasteiger partial charge on any atom is 0.336 e. The highest BCUT2D eigenvalue weighted by Crippen LogP contribution is 2.46. The minimum absolute atomic E-state index is 0.0604. The van der Waals surface area contributed by atoms with E-state index in [1.54, 1.807) is 11.3 Å². The second-order valence-electron chi connectivity index (χ2n) is 8.78. The SMILES string of the molecule is CC(C=Cc1ccsc1)=C(C(=O)O)c1ccc2c(c1)C(C)(C)CCC2(C)C. The monoisotopic (exact) mass is 380 g/mol. The van der Waals surface area contributed by atoms with E-state index >= 15 is 0 Å². The summed E-state index contributed by atoms with van der Waals surface area (Å²) in [6.07, 6.45) is 6.14. The third kappa shape index (κ3) is 3.93. The predicted molar refractivity (Wildman–Crippen MR) is 115 cm³/mol. The molecule has 142 valence electrons. The average Bonchev–Trinajstić information content (AvgIpc) is 3.11. The molecular formula is C24H28O2S. The first-order valence-electron chi connectivity index (χ1n) is 9.42. The molecule has 1 N–H and O–H groups in total. The minimum Gasteiger partial charge on any atom is -0.478 e. The minimum atomic E-state index is -0.879. The Balaban J connectivity index is 2.10. The predicted octanol–water partition coefficient (Wildman–Crippen LogP) is 6.67. The van der Waals surface area contributed by atoms with Crippen molar-refractivity contribution < 1.29 is 9.90 Å². The van der Waals surface area contributed by atoms with Crippen LogP contribution in [0.4, 0.5) is 0 Å². The van der Waals surface area contributed by atoms with Crippen molar-refractivity contribution in [2.45, 2.75) is 58.3 Å². The van der Waals surface area contributed by atoms with Crippen molar-refractivity contribution in [3.05, 3.63) is 68.9 Å². The molecule has 2 nitrogen and oxygen atoms in total. The summed E-state index contributed by atoms with van der Waals surface area (Å²) in [5, 5.41) is 14.0. The van der Waals surface area contributed by atoms with Crippen molar-refractivity contribution in [1.29, 1.82) is 0 Å². The lowest BCUT2D eigenvalue weighted by atomic mass is 9.63. The Labute approximate surface area is 166 Å². The molecule has 0 spiro atoms. The molecule has 3 heteroatoms. The molecule has 0 amide bonds. The average molecular weight is 381 g/mol. The quantitative estimate of drug-likeness (QED) is 0.475. The van der Waals surface area contributed by atoms with Gasteiger partial charge in [-0.25, -0.2) is 4.79 Å². The first-order chi connectivity index (χ1) is 12.6. The summed E-state index contributed by atoms with van der Waals surface area (Å²) in [7, 11) is 0. The number of thiophene rings is 1. The zero-order chi connectivity index (χ0) is 19.8. The summed E-state index contributed by atoms with van der Waals surface area (Å²) in [4.78, 5) is 12.1. The van der Waals surface area contributed by atoms with Crippen LogP contribution in [0.5, 0.6) is 0 Å². The number of allylic oxidation sites excluding steroid dienone is 2. The Hall–Kier alpha value is -2.13. The van der Waals surface area contributed by atoms with Gasteiger partial charge in [0.1, 0.15) is 0 Å². The molecule has 0 saturated carbocycles. The lowest BCUT2D eigenvalue weighted by Gasteiger charge is -2.42. The van der Waals surface area contributed by atoms with Gasteiger partial charge in [0, 0.05) is 0 Å². The van der Waals surface area contributed by atoms with Crippen LogP contribution >= 0.6 is 11.3 Å². The molecule has 0 radical (unpaired) electrons. The fraction of sp³-hybridized carbons (Fsp3) is 0.375. The van der Waals surface area contributed by atoms with E-state index in [4.69, 9.17) is 0 Å². The molecule has 1 aliphatic rings. The molecule has 2 aromatic rings. The Morgan fingerprint density at radius 1 is 1.07 bits per heavy atom. The first kappa shape index (κ1) is 19.6. The summed E-state index contributed by atoms with van der Waals surface area (Å²) < 4.78 is 0. The number of rotatable bonds is 4. The lowest BCUT2D eigenvalue weighted by molar-refractivity contribution is -0.130. The van der Waals surface area contributed by atoms with Gasteiger partial charge >= 0.3 is 5.97 Å². The Bertz CT molecular complexity index is 912. The maximum atomic E-state index is 12.1. The zero-order valence-corrected chi connectivity index (χ0v) is 17.6. The van der Waals surface area contributed by atoms with Gasteiger partial charge in [-0.05, 0) is 75.2 Å². The van der Waals surface area contributed by atoms with Crippen LogP contribution in [0.25, 0.3) is 11.6 Å². The third-order valence-corrected chi connectivity index (χ3v) is 6.52. The molecule has 3 rings (SSSR count). The largest absolute Gasteiger partial charge is 0.478 e. The van der Waals surface area contributed by atoms with Crippen LogP contribution in [0.15, 0.2) is 46.7 Å². The molecule has 1 aromatic heterocycles. The van der Waals surface area contributed by atoms with E-state index in [-0.39, 0.29) is 10.8 Å². The number of aliphatic carboxylic acids is 1. The van der Waals surface area contributed by atoms with Crippen LogP contribution in [0.2, 0.25) is 0 Å². The Morgan fingerprint density at radius 3 is 2.33 bits per heavy atom. The van der Waals surface area contributed by atoms with Crippen LogP contribution in [0.3, 0.4) is 0 Å². The number of benzene rings is 1. The van der Waals surface area contributed by atoms with E-state index in [1.807, 2.05) is 42.0 Å². The van der Waals surface area contributed by atoms with E-state index in [2.05, 4.69) is 39.8 Å². The van der Waals surface area contributed by atoms with E-state index in [9.17, 15) is 9.90 Å². The molecule has 27 heavy (non-hydrogen) atoms. The van der Waals surface area contributed by atoms with Crippen molar-refractivity contribution in [1.82, 2.24) is 0 Å². The fourth-order valence-corrected chi connectivity index (χ4v) is 4.57. The van der Waals surface area contributed by atoms with Gasteiger partial charge in [-0.3, -0.25) is 0 Å². The molecular weight excluding hydrogens is 352 g/mol. The number of carboxylic acid groups (broad SMARTS) is 1. The molecule has 0 atom stereocenters. The molecule has 0 saturated heterocycles. The van der Waals surface area contributed by atoms with E-state index in [1.165, 1.54) is 11.1 Å². The van der Waals surface area contributed by atoms with Gasteiger partial charge in [0.2, 0.25) is 0 Å². The number of carbonyl (C=O) groups is 1. The molecule has 1 heterocycles. The highest BCUT2D eigenvalue weighted by atomic mass is 32.1. The second-order valence-corrected chi connectivity index (χ2v) is 9.56. The Kier molecular flexibility index (Phi) is 5.18. The van der Waals surface area contributed by atoms with Crippen LogP contribution in [0, 0.1) is 0 Å². The summed E-state index contributed by atoms with van der Waals surface area (Å²) in [5.74, 6) is -0.879.